The second-order valence-corrected chi connectivity index (χ2v) is 11.0. The first-order chi connectivity index (χ1) is 18.4. The molecule has 0 unspecified atom stereocenters. The van der Waals surface area contributed by atoms with Gasteiger partial charge in [-0.05, 0) is 68.3 Å². The van der Waals surface area contributed by atoms with Gasteiger partial charge in [0.1, 0.15) is 17.5 Å². The predicted molar refractivity (Wildman–Crippen MR) is 154 cm³/mol. The van der Waals surface area contributed by atoms with Crippen LogP contribution in [0.3, 0.4) is 0 Å². The number of hydrogen-bond donors (Lipinski definition) is 2. The molecular weight excluding hydrogens is 501 g/mol. The molecule has 0 spiro atoms. The molecule has 2 aliphatic rings. The number of benzene rings is 2. The van der Waals surface area contributed by atoms with Gasteiger partial charge in [0.25, 0.3) is 0 Å². The zero-order chi connectivity index (χ0) is 26.4. The van der Waals surface area contributed by atoms with Gasteiger partial charge in [0.05, 0.1) is 22.3 Å². The summed E-state index contributed by atoms with van der Waals surface area (Å²) in [5.74, 6) is 1.38. The van der Waals surface area contributed by atoms with Crippen molar-refractivity contribution in [3.05, 3.63) is 59.0 Å². The Morgan fingerprint density at radius 3 is 2.50 bits per heavy atom. The van der Waals surface area contributed by atoms with E-state index in [1.807, 2.05) is 37.4 Å². The average molecular weight is 534 g/mol. The second-order valence-electron chi connectivity index (χ2n) is 10.6. The third-order valence-corrected chi connectivity index (χ3v) is 7.96. The highest BCUT2D eigenvalue weighted by atomic mass is 35.5. The van der Waals surface area contributed by atoms with Crippen molar-refractivity contribution < 1.29 is 4.39 Å². The number of anilines is 2. The molecule has 2 saturated heterocycles. The molecule has 0 atom stereocenters. The summed E-state index contributed by atoms with van der Waals surface area (Å²) in [6, 6.07) is 11.0. The van der Waals surface area contributed by atoms with Crippen LogP contribution < -0.4 is 15.5 Å². The summed E-state index contributed by atoms with van der Waals surface area (Å²) < 4.78 is 14.7. The van der Waals surface area contributed by atoms with Crippen LogP contribution in [0.25, 0.3) is 33.5 Å². The molecule has 2 aromatic carbocycles. The average Bonchev–Trinajstić information content (AvgIpc) is 3.31. The number of fused-ring (bicyclic) bond motifs is 1. The number of imidazole rings is 1. The molecule has 198 valence electrons. The van der Waals surface area contributed by atoms with Crippen LogP contribution in [0.4, 0.5) is 15.9 Å². The Labute approximate surface area is 227 Å². The van der Waals surface area contributed by atoms with Gasteiger partial charge in [-0.3, -0.25) is 0 Å². The van der Waals surface area contributed by atoms with Gasteiger partial charge in [-0.1, -0.05) is 17.7 Å². The molecule has 7 nitrogen and oxygen atoms in total. The van der Waals surface area contributed by atoms with Crippen molar-refractivity contribution in [2.75, 3.05) is 56.1 Å². The summed E-state index contributed by atoms with van der Waals surface area (Å²) in [5.41, 5.74) is 12.6. The molecule has 2 fully saturated rings. The van der Waals surface area contributed by atoms with Crippen molar-refractivity contribution in [1.29, 1.82) is 0 Å². The van der Waals surface area contributed by atoms with Crippen LogP contribution >= 0.6 is 11.6 Å². The van der Waals surface area contributed by atoms with E-state index in [0.29, 0.717) is 5.02 Å². The zero-order valence-corrected chi connectivity index (χ0v) is 22.6. The van der Waals surface area contributed by atoms with E-state index in [9.17, 15) is 4.39 Å². The second kappa shape index (κ2) is 10.2. The number of nitrogens with two attached hydrogens (primary N) is 1. The molecule has 9 heteroatoms. The van der Waals surface area contributed by atoms with Crippen molar-refractivity contribution >= 4 is 34.1 Å². The number of rotatable bonds is 4. The third kappa shape index (κ3) is 4.84. The lowest BCUT2D eigenvalue weighted by Gasteiger charge is -2.38. The van der Waals surface area contributed by atoms with Crippen LogP contribution in [0.2, 0.25) is 5.02 Å². The van der Waals surface area contributed by atoms with E-state index in [-0.39, 0.29) is 11.9 Å². The van der Waals surface area contributed by atoms with Crippen LogP contribution in [0, 0.1) is 12.7 Å². The van der Waals surface area contributed by atoms with E-state index in [0.717, 1.165) is 103 Å². The Kier molecular flexibility index (Phi) is 6.72. The molecular formula is C29H33ClFN7. The van der Waals surface area contributed by atoms with E-state index in [1.165, 1.54) is 0 Å². The minimum Gasteiger partial charge on any atom is -0.370 e. The van der Waals surface area contributed by atoms with E-state index in [2.05, 4.69) is 26.7 Å². The van der Waals surface area contributed by atoms with Gasteiger partial charge in [0.2, 0.25) is 0 Å². The molecule has 0 saturated carbocycles. The molecule has 6 rings (SSSR count). The van der Waals surface area contributed by atoms with Gasteiger partial charge < -0.3 is 25.4 Å². The van der Waals surface area contributed by atoms with Gasteiger partial charge in [-0.2, -0.15) is 0 Å². The number of halogens is 2. The highest BCUT2D eigenvalue weighted by molar-refractivity contribution is 6.31. The summed E-state index contributed by atoms with van der Waals surface area (Å²) in [4.78, 5) is 20.7. The highest BCUT2D eigenvalue weighted by Gasteiger charge is 2.30. The van der Waals surface area contributed by atoms with Crippen LogP contribution in [0.1, 0.15) is 18.4 Å². The lowest BCUT2D eigenvalue weighted by atomic mass is 9.96. The minimum absolute atomic E-state index is 0.182. The van der Waals surface area contributed by atoms with Crippen molar-refractivity contribution in [2.24, 2.45) is 5.73 Å². The first kappa shape index (κ1) is 25.1. The Hall–Kier alpha value is -3.20. The first-order valence-electron chi connectivity index (χ1n) is 13.3. The van der Waals surface area contributed by atoms with E-state index in [1.54, 1.807) is 12.1 Å². The van der Waals surface area contributed by atoms with Crippen LogP contribution in [-0.4, -0.2) is 72.2 Å². The fraction of sp³-hybridized carbons (Fsp3) is 0.379. The van der Waals surface area contributed by atoms with Crippen LogP contribution in [0.5, 0.6) is 0 Å². The fourth-order valence-electron chi connectivity index (χ4n) is 5.62. The maximum atomic E-state index is 14.7. The van der Waals surface area contributed by atoms with E-state index >= 15 is 0 Å². The standard InChI is InChI=1S/C29H33ClFN7/c1-18-13-19(15-21(31)14-18)23-17-33-29(38-11-9-36(2)10-12-38)26(27(23)37-7-5-22(32)6-8-37)28-34-24-4-3-20(30)16-25(24)35-28/h3-4,13-17,22H,5-12,32H2,1-2H3,(H,34,35). The molecule has 2 aromatic heterocycles. The summed E-state index contributed by atoms with van der Waals surface area (Å²) in [6.45, 7) is 7.19. The van der Waals surface area contributed by atoms with Crippen LogP contribution in [0.15, 0.2) is 42.6 Å². The summed E-state index contributed by atoms with van der Waals surface area (Å²) >= 11 is 6.31. The number of hydrogen-bond acceptors (Lipinski definition) is 6. The number of aromatic nitrogens is 3. The maximum absolute atomic E-state index is 14.7. The molecule has 0 bridgehead atoms. The maximum Gasteiger partial charge on any atom is 0.144 e. The predicted octanol–water partition coefficient (Wildman–Crippen LogP) is 5.07. The van der Waals surface area contributed by atoms with Gasteiger partial charge in [0, 0.05) is 62.1 Å². The molecule has 0 aliphatic carbocycles. The highest BCUT2D eigenvalue weighted by Crippen LogP contribution is 2.45. The SMILES string of the molecule is Cc1cc(F)cc(-c2cnc(N3CCN(C)CC3)c(-c3nc4ccc(Cl)cc4[nH]3)c2N2CCC(N)CC2)c1. The van der Waals surface area contributed by atoms with Crippen LogP contribution in [-0.2, 0) is 0 Å². The van der Waals surface area contributed by atoms with Gasteiger partial charge in [-0.15, -0.1) is 0 Å². The normalized spacial score (nSPS) is 17.5. The number of piperidine rings is 1. The molecule has 38 heavy (non-hydrogen) atoms. The summed E-state index contributed by atoms with van der Waals surface area (Å²) in [6.07, 6.45) is 3.70. The van der Waals surface area contributed by atoms with E-state index in [4.69, 9.17) is 27.3 Å². The molecule has 0 amide bonds. The quantitative estimate of drug-likeness (QED) is 0.381. The minimum atomic E-state index is -0.255. The number of aryl methyl sites for hydroxylation is 1. The monoisotopic (exact) mass is 533 g/mol. The van der Waals surface area contributed by atoms with Crippen molar-refractivity contribution in [1.82, 2.24) is 19.9 Å². The smallest absolute Gasteiger partial charge is 0.144 e. The topological polar surface area (TPSA) is 77.3 Å². The van der Waals surface area contributed by atoms with Gasteiger partial charge >= 0.3 is 0 Å². The van der Waals surface area contributed by atoms with Crippen molar-refractivity contribution in [3.8, 4) is 22.5 Å². The third-order valence-electron chi connectivity index (χ3n) is 7.72. The van der Waals surface area contributed by atoms with E-state index < -0.39 is 0 Å². The van der Waals surface area contributed by atoms with Crippen molar-refractivity contribution in [3.63, 3.8) is 0 Å². The Morgan fingerprint density at radius 1 is 1.00 bits per heavy atom. The Bertz CT molecular complexity index is 1450. The number of piperazine rings is 1. The van der Waals surface area contributed by atoms with Gasteiger partial charge in [0.15, 0.2) is 0 Å². The number of H-pyrrole nitrogens is 1. The number of likely N-dealkylation sites (N-methyl/N-ethyl adjacent to an activating group) is 1. The summed E-state index contributed by atoms with van der Waals surface area (Å²) in [7, 11) is 2.15. The molecule has 3 N–H and O–H groups in total. The molecule has 4 heterocycles. The zero-order valence-electron chi connectivity index (χ0n) is 21.8. The molecule has 4 aromatic rings. The van der Waals surface area contributed by atoms with Crippen molar-refractivity contribution in [2.45, 2.75) is 25.8 Å². The number of nitrogens with one attached hydrogen (secondary N) is 1. The number of nitrogens with zero attached hydrogens (tertiary/aromatic N) is 5. The lowest BCUT2D eigenvalue weighted by molar-refractivity contribution is 0.312. The number of pyridine rings is 1. The van der Waals surface area contributed by atoms with Gasteiger partial charge in [-0.25, -0.2) is 14.4 Å². The Balaban J connectivity index is 1.62. The fourth-order valence-corrected chi connectivity index (χ4v) is 5.79. The lowest BCUT2D eigenvalue weighted by Crippen LogP contribution is -2.45. The largest absolute Gasteiger partial charge is 0.370 e. The number of aromatic amines is 1. The molecule has 0 radical (unpaired) electrons. The Morgan fingerprint density at radius 2 is 1.76 bits per heavy atom. The summed E-state index contributed by atoms with van der Waals surface area (Å²) in [5, 5.41) is 0.652. The molecule has 2 aliphatic heterocycles. The first-order valence-corrected chi connectivity index (χ1v) is 13.6.